The highest BCUT2D eigenvalue weighted by atomic mass is 16.5. The third kappa shape index (κ3) is 3.77. The van der Waals surface area contributed by atoms with E-state index in [1.165, 1.54) is 5.56 Å². The van der Waals surface area contributed by atoms with Crippen molar-refractivity contribution < 1.29 is 14.3 Å². The molecule has 0 spiro atoms. The number of anilines is 1. The van der Waals surface area contributed by atoms with Gasteiger partial charge in [-0.2, -0.15) is 0 Å². The van der Waals surface area contributed by atoms with E-state index in [-0.39, 0.29) is 5.91 Å². The predicted molar refractivity (Wildman–Crippen MR) is 113 cm³/mol. The first kappa shape index (κ1) is 19.1. The Balaban J connectivity index is 1.41. The van der Waals surface area contributed by atoms with Gasteiger partial charge in [-0.25, -0.2) is 9.97 Å². The van der Waals surface area contributed by atoms with E-state index in [9.17, 15) is 4.79 Å². The third-order valence-corrected chi connectivity index (χ3v) is 5.84. The van der Waals surface area contributed by atoms with Crippen LogP contribution < -0.4 is 10.1 Å². The van der Waals surface area contributed by atoms with Crippen LogP contribution in [0.4, 0.5) is 5.69 Å². The minimum absolute atomic E-state index is 0.228. The fraction of sp³-hybridized carbons (Fsp3) is 0.435. The monoisotopic (exact) mass is 406 g/mol. The normalized spacial score (nSPS) is 18.0. The highest BCUT2D eigenvalue weighted by molar-refractivity contribution is 6.03. The summed E-state index contributed by atoms with van der Waals surface area (Å²) in [4.78, 5) is 22.2. The number of imidazole rings is 1. The Morgan fingerprint density at radius 1 is 1.30 bits per heavy atom. The van der Waals surface area contributed by atoms with Gasteiger partial charge in [0.15, 0.2) is 0 Å². The number of hydrogen-bond donors (Lipinski definition) is 1. The van der Waals surface area contributed by atoms with Gasteiger partial charge in [0.05, 0.1) is 12.3 Å². The smallest absolute Gasteiger partial charge is 0.274 e. The fourth-order valence-corrected chi connectivity index (χ4v) is 4.31. The quantitative estimate of drug-likeness (QED) is 0.678. The average Bonchev–Trinajstić information content (AvgIpc) is 3.48. The van der Waals surface area contributed by atoms with Crippen LogP contribution in [0, 0.1) is 5.92 Å². The molecule has 5 rings (SSSR count). The third-order valence-electron chi connectivity index (χ3n) is 5.84. The Morgan fingerprint density at radius 2 is 2.23 bits per heavy atom. The van der Waals surface area contributed by atoms with Crippen LogP contribution >= 0.6 is 0 Å². The number of nitrogens with zero attached hydrogens (tertiary/aromatic N) is 3. The molecule has 0 radical (unpaired) electrons. The van der Waals surface area contributed by atoms with Crippen molar-refractivity contribution in [1.82, 2.24) is 14.4 Å². The molecule has 3 aromatic rings. The summed E-state index contributed by atoms with van der Waals surface area (Å²) >= 11 is 0. The Morgan fingerprint density at radius 3 is 3.07 bits per heavy atom. The molecular formula is C23H26N4O3. The maximum Gasteiger partial charge on any atom is 0.274 e. The zero-order chi connectivity index (χ0) is 20.5. The Hall–Kier alpha value is -2.93. The van der Waals surface area contributed by atoms with Crippen molar-refractivity contribution in [2.75, 3.05) is 25.1 Å². The van der Waals surface area contributed by atoms with Gasteiger partial charge in [0.2, 0.25) is 0 Å². The molecule has 7 nitrogen and oxygen atoms in total. The highest BCUT2D eigenvalue weighted by Crippen LogP contribution is 2.28. The predicted octanol–water partition coefficient (Wildman–Crippen LogP) is 3.45. The van der Waals surface area contributed by atoms with E-state index >= 15 is 0 Å². The number of rotatable bonds is 6. The van der Waals surface area contributed by atoms with E-state index < -0.39 is 0 Å². The molecule has 0 bridgehead atoms. The standard InChI is InChI=1S/C23H26N4O3/c1-2-30-21-11-22-24-17(10-15-8-9-29-14-15)12-27(22)13-20(21)26-23(28)19-7-6-16-4-3-5-18(16)25-19/h6-7,11-13,15H,2-5,8-10,14H2,1H3,(H,26,28). The number of nitrogens with one attached hydrogen (secondary N) is 1. The molecule has 1 amide bonds. The van der Waals surface area contributed by atoms with Crippen LogP contribution in [-0.2, 0) is 24.0 Å². The molecule has 0 saturated carbocycles. The number of carbonyl (C=O) groups is 1. The lowest BCUT2D eigenvalue weighted by Crippen LogP contribution is -2.16. The summed E-state index contributed by atoms with van der Waals surface area (Å²) in [5.41, 5.74) is 5.17. The van der Waals surface area contributed by atoms with Gasteiger partial charge < -0.3 is 19.2 Å². The van der Waals surface area contributed by atoms with Crippen molar-refractivity contribution in [3.63, 3.8) is 0 Å². The number of hydrogen-bond acceptors (Lipinski definition) is 5. The molecule has 1 aliphatic carbocycles. The average molecular weight is 406 g/mol. The molecule has 1 saturated heterocycles. The second-order valence-electron chi connectivity index (χ2n) is 8.03. The summed E-state index contributed by atoms with van der Waals surface area (Å²) in [6, 6.07) is 5.70. The molecule has 1 atom stereocenters. The zero-order valence-corrected chi connectivity index (χ0v) is 17.2. The fourth-order valence-electron chi connectivity index (χ4n) is 4.31. The van der Waals surface area contributed by atoms with E-state index in [1.54, 1.807) is 6.07 Å². The van der Waals surface area contributed by atoms with Crippen LogP contribution in [0.2, 0.25) is 0 Å². The van der Waals surface area contributed by atoms with Gasteiger partial charge in [-0.15, -0.1) is 0 Å². The van der Waals surface area contributed by atoms with E-state index in [2.05, 4.69) is 10.3 Å². The zero-order valence-electron chi connectivity index (χ0n) is 17.2. The lowest BCUT2D eigenvalue weighted by atomic mass is 10.0. The Labute approximate surface area is 175 Å². The first-order valence-electron chi connectivity index (χ1n) is 10.7. The number of aryl methyl sites for hydroxylation is 2. The van der Waals surface area contributed by atoms with Crippen molar-refractivity contribution in [2.24, 2.45) is 5.92 Å². The van der Waals surface area contributed by atoms with Crippen molar-refractivity contribution in [3.8, 4) is 5.75 Å². The molecule has 1 aliphatic heterocycles. The summed E-state index contributed by atoms with van der Waals surface area (Å²) < 4.78 is 13.2. The van der Waals surface area contributed by atoms with Gasteiger partial charge in [-0.05, 0) is 56.6 Å². The molecule has 156 valence electrons. The van der Waals surface area contributed by atoms with Crippen LogP contribution in [0.1, 0.15) is 47.2 Å². The summed E-state index contributed by atoms with van der Waals surface area (Å²) in [6.45, 7) is 4.06. The van der Waals surface area contributed by atoms with E-state index in [0.717, 1.165) is 62.4 Å². The van der Waals surface area contributed by atoms with Gasteiger partial charge >= 0.3 is 0 Å². The van der Waals surface area contributed by atoms with Gasteiger partial charge in [0.25, 0.3) is 5.91 Å². The van der Waals surface area contributed by atoms with Crippen molar-refractivity contribution in [3.05, 3.63) is 53.2 Å². The largest absolute Gasteiger partial charge is 0.491 e. The number of amides is 1. The number of pyridine rings is 2. The van der Waals surface area contributed by atoms with Crippen LogP contribution in [-0.4, -0.2) is 40.1 Å². The highest BCUT2D eigenvalue weighted by Gasteiger charge is 2.20. The van der Waals surface area contributed by atoms with Crippen LogP contribution in [0.25, 0.3) is 5.65 Å². The second kappa shape index (κ2) is 8.07. The van der Waals surface area contributed by atoms with E-state index in [0.29, 0.717) is 29.7 Å². The molecule has 0 aromatic carbocycles. The molecule has 1 N–H and O–H groups in total. The Bertz CT molecular complexity index is 1090. The lowest BCUT2D eigenvalue weighted by Gasteiger charge is -2.12. The van der Waals surface area contributed by atoms with E-state index in [4.69, 9.17) is 14.5 Å². The molecular weight excluding hydrogens is 380 g/mol. The minimum atomic E-state index is -0.228. The summed E-state index contributed by atoms with van der Waals surface area (Å²) in [6.07, 6.45) is 8.95. The lowest BCUT2D eigenvalue weighted by molar-refractivity contribution is 0.102. The maximum atomic E-state index is 12.9. The van der Waals surface area contributed by atoms with Crippen molar-refractivity contribution >= 4 is 17.2 Å². The van der Waals surface area contributed by atoms with Gasteiger partial charge in [0.1, 0.15) is 22.8 Å². The SMILES string of the molecule is CCOc1cc2nc(CC3CCOC3)cn2cc1NC(=O)c1ccc2c(n1)CCC2. The maximum absolute atomic E-state index is 12.9. The summed E-state index contributed by atoms with van der Waals surface area (Å²) in [7, 11) is 0. The second-order valence-corrected chi connectivity index (χ2v) is 8.03. The number of carbonyl (C=O) groups excluding carboxylic acids is 1. The molecule has 30 heavy (non-hydrogen) atoms. The van der Waals surface area contributed by atoms with E-state index in [1.807, 2.05) is 35.9 Å². The number of aromatic nitrogens is 3. The van der Waals surface area contributed by atoms with Crippen LogP contribution in [0.5, 0.6) is 5.75 Å². The molecule has 1 unspecified atom stereocenters. The minimum Gasteiger partial charge on any atom is -0.491 e. The van der Waals surface area contributed by atoms with Gasteiger partial charge in [-0.3, -0.25) is 4.79 Å². The van der Waals surface area contributed by atoms with Crippen molar-refractivity contribution in [1.29, 1.82) is 0 Å². The molecule has 3 aromatic heterocycles. The summed E-state index contributed by atoms with van der Waals surface area (Å²) in [5.74, 6) is 0.903. The number of ether oxygens (including phenoxy) is 2. The topological polar surface area (TPSA) is 77.8 Å². The Kier molecular flexibility index (Phi) is 5.12. The van der Waals surface area contributed by atoms with Gasteiger partial charge in [0, 0.05) is 37.4 Å². The molecule has 7 heteroatoms. The van der Waals surface area contributed by atoms with Crippen molar-refractivity contribution in [2.45, 2.75) is 39.0 Å². The van der Waals surface area contributed by atoms with Crippen LogP contribution in [0.15, 0.2) is 30.6 Å². The first-order chi connectivity index (χ1) is 14.7. The first-order valence-corrected chi connectivity index (χ1v) is 10.7. The molecule has 1 fully saturated rings. The summed E-state index contributed by atoms with van der Waals surface area (Å²) in [5, 5.41) is 2.98. The van der Waals surface area contributed by atoms with Gasteiger partial charge in [-0.1, -0.05) is 6.07 Å². The molecule has 2 aliphatic rings. The van der Waals surface area contributed by atoms with Crippen LogP contribution in [0.3, 0.4) is 0 Å². The molecule has 4 heterocycles. The number of fused-ring (bicyclic) bond motifs is 2.